The lowest BCUT2D eigenvalue weighted by atomic mass is 9.96. The monoisotopic (exact) mass is 241 g/mol. The average molecular weight is 241 g/mol. The number of pyridine rings is 1. The number of nitrogen functional groups attached to an aromatic ring is 1. The second-order valence-corrected chi connectivity index (χ2v) is 4.41. The minimum absolute atomic E-state index is 0.691. The molecule has 1 aliphatic carbocycles. The summed E-state index contributed by atoms with van der Waals surface area (Å²) in [7, 11) is 0. The van der Waals surface area contributed by atoms with Crippen LogP contribution in [0, 0.1) is 0 Å². The number of rotatable bonds is 2. The van der Waals surface area contributed by atoms with E-state index in [-0.39, 0.29) is 0 Å². The van der Waals surface area contributed by atoms with Crippen LogP contribution in [0.4, 0.5) is 5.82 Å². The zero-order valence-corrected chi connectivity index (χ0v) is 10.1. The Morgan fingerprint density at radius 3 is 2.83 bits per heavy atom. The second-order valence-electron chi connectivity index (χ2n) is 4.41. The quantitative estimate of drug-likeness (QED) is 0.618. The third-order valence-electron chi connectivity index (χ3n) is 3.24. The molecule has 92 valence electrons. The fourth-order valence-corrected chi connectivity index (χ4v) is 2.34. The molecule has 18 heavy (non-hydrogen) atoms. The van der Waals surface area contributed by atoms with Gasteiger partial charge in [-0.15, -0.1) is 0 Å². The normalized spacial score (nSPS) is 14.1. The van der Waals surface area contributed by atoms with Gasteiger partial charge in [-0.3, -0.25) is 4.98 Å². The molecule has 2 aromatic heterocycles. The molecule has 0 aromatic carbocycles. The van der Waals surface area contributed by atoms with E-state index in [0.717, 1.165) is 35.5 Å². The van der Waals surface area contributed by atoms with Gasteiger partial charge in [0, 0.05) is 29.2 Å². The molecule has 2 aromatic rings. The molecule has 0 saturated carbocycles. The molecule has 0 bridgehead atoms. The largest absolute Gasteiger partial charge is 0.308 e. The Morgan fingerprint density at radius 2 is 2.06 bits per heavy atom. The van der Waals surface area contributed by atoms with E-state index in [2.05, 4.69) is 20.4 Å². The minimum atomic E-state index is 0.691. The molecule has 0 atom stereocenters. The van der Waals surface area contributed by atoms with Gasteiger partial charge in [0.1, 0.15) is 5.82 Å². The van der Waals surface area contributed by atoms with E-state index in [1.165, 1.54) is 12.8 Å². The Bertz CT molecular complexity index is 536. The first-order valence-corrected chi connectivity index (χ1v) is 6.15. The molecule has 5 heteroatoms. The minimum Gasteiger partial charge on any atom is -0.308 e. The number of aromatic nitrogens is 3. The lowest BCUT2D eigenvalue weighted by Gasteiger charge is -2.18. The number of nitrogens with one attached hydrogen (secondary N) is 1. The van der Waals surface area contributed by atoms with Gasteiger partial charge in [-0.1, -0.05) is 0 Å². The summed E-state index contributed by atoms with van der Waals surface area (Å²) in [6.07, 6.45) is 7.87. The van der Waals surface area contributed by atoms with Crippen LogP contribution in [0.15, 0.2) is 24.5 Å². The predicted molar refractivity (Wildman–Crippen MR) is 69.7 cm³/mol. The summed E-state index contributed by atoms with van der Waals surface area (Å²) in [5.41, 5.74) is 5.89. The van der Waals surface area contributed by atoms with Gasteiger partial charge in [0.05, 0.1) is 0 Å². The van der Waals surface area contributed by atoms with E-state index in [4.69, 9.17) is 5.84 Å². The van der Waals surface area contributed by atoms with E-state index < -0.39 is 0 Å². The molecule has 0 amide bonds. The van der Waals surface area contributed by atoms with Crippen LogP contribution in [0.3, 0.4) is 0 Å². The van der Waals surface area contributed by atoms with Crippen LogP contribution in [0.5, 0.6) is 0 Å². The fraction of sp³-hybridized carbons (Fsp3) is 0.308. The summed E-state index contributed by atoms with van der Waals surface area (Å²) in [6, 6.07) is 3.84. The average Bonchev–Trinajstić information content (AvgIpc) is 2.47. The van der Waals surface area contributed by atoms with Gasteiger partial charge < -0.3 is 5.43 Å². The molecule has 0 saturated heterocycles. The second kappa shape index (κ2) is 4.70. The van der Waals surface area contributed by atoms with Crippen molar-refractivity contribution in [1.29, 1.82) is 0 Å². The maximum atomic E-state index is 5.56. The summed E-state index contributed by atoms with van der Waals surface area (Å²) in [4.78, 5) is 13.2. The zero-order chi connectivity index (χ0) is 12.4. The number of hydrazine groups is 1. The van der Waals surface area contributed by atoms with Crippen molar-refractivity contribution in [1.82, 2.24) is 15.0 Å². The SMILES string of the molecule is NNc1nc(-c2cccnc2)nc2c1CCCC2. The lowest BCUT2D eigenvalue weighted by molar-refractivity contribution is 0.665. The Morgan fingerprint density at radius 1 is 1.17 bits per heavy atom. The molecule has 0 aliphatic heterocycles. The Balaban J connectivity index is 2.12. The van der Waals surface area contributed by atoms with E-state index >= 15 is 0 Å². The molecule has 1 aliphatic rings. The van der Waals surface area contributed by atoms with Crippen LogP contribution < -0.4 is 11.3 Å². The third kappa shape index (κ3) is 1.93. The van der Waals surface area contributed by atoms with Gasteiger partial charge in [-0.25, -0.2) is 15.8 Å². The third-order valence-corrected chi connectivity index (χ3v) is 3.24. The lowest BCUT2D eigenvalue weighted by Crippen LogP contribution is -2.17. The molecule has 0 radical (unpaired) electrons. The molecule has 2 heterocycles. The van der Waals surface area contributed by atoms with Crippen LogP contribution in [0.1, 0.15) is 24.1 Å². The zero-order valence-electron chi connectivity index (χ0n) is 10.1. The van der Waals surface area contributed by atoms with E-state index in [1.54, 1.807) is 12.4 Å². The van der Waals surface area contributed by atoms with Gasteiger partial charge >= 0.3 is 0 Å². The fourth-order valence-electron chi connectivity index (χ4n) is 2.34. The summed E-state index contributed by atoms with van der Waals surface area (Å²) in [6.45, 7) is 0. The smallest absolute Gasteiger partial charge is 0.163 e. The Kier molecular flexibility index (Phi) is 2.90. The number of hydrogen-bond acceptors (Lipinski definition) is 5. The number of fused-ring (bicyclic) bond motifs is 1. The van der Waals surface area contributed by atoms with Crippen LogP contribution in [-0.4, -0.2) is 15.0 Å². The Hall–Kier alpha value is -2.01. The van der Waals surface area contributed by atoms with Gasteiger partial charge in [-0.05, 0) is 37.8 Å². The van der Waals surface area contributed by atoms with E-state index in [0.29, 0.717) is 5.82 Å². The van der Waals surface area contributed by atoms with Gasteiger partial charge in [0.25, 0.3) is 0 Å². The summed E-state index contributed by atoms with van der Waals surface area (Å²) in [5, 5.41) is 0. The van der Waals surface area contributed by atoms with Crippen LogP contribution in [0.25, 0.3) is 11.4 Å². The summed E-state index contributed by atoms with van der Waals surface area (Å²) < 4.78 is 0. The number of hydrogen-bond donors (Lipinski definition) is 2. The molecule has 0 fully saturated rings. The molecule has 3 rings (SSSR count). The highest BCUT2D eigenvalue weighted by atomic mass is 15.3. The highest BCUT2D eigenvalue weighted by Crippen LogP contribution is 2.27. The van der Waals surface area contributed by atoms with Crippen molar-refractivity contribution in [2.45, 2.75) is 25.7 Å². The number of aryl methyl sites for hydroxylation is 1. The number of nitrogens with two attached hydrogens (primary N) is 1. The number of anilines is 1. The van der Waals surface area contributed by atoms with E-state index in [9.17, 15) is 0 Å². The van der Waals surface area contributed by atoms with Crippen LogP contribution in [0.2, 0.25) is 0 Å². The van der Waals surface area contributed by atoms with Crippen LogP contribution in [-0.2, 0) is 12.8 Å². The summed E-state index contributed by atoms with van der Waals surface area (Å²) >= 11 is 0. The van der Waals surface area contributed by atoms with E-state index in [1.807, 2.05) is 12.1 Å². The predicted octanol–water partition coefficient (Wildman–Crippen LogP) is 1.70. The molecule has 5 nitrogen and oxygen atoms in total. The van der Waals surface area contributed by atoms with Crippen molar-refractivity contribution < 1.29 is 0 Å². The maximum Gasteiger partial charge on any atom is 0.163 e. The first-order valence-electron chi connectivity index (χ1n) is 6.15. The molecule has 0 spiro atoms. The Labute approximate surface area is 105 Å². The summed E-state index contributed by atoms with van der Waals surface area (Å²) in [5.74, 6) is 7.01. The highest BCUT2D eigenvalue weighted by molar-refractivity contribution is 5.59. The van der Waals surface area contributed by atoms with Gasteiger partial charge in [-0.2, -0.15) is 0 Å². The highest BCUT2D eigenvalue weighted by Gasteiger charge is 2.17. The van der Waals surface area contributed by atoms with Crippen molar-refractivity contribution in [2.75, 3.05) is 5.43 Å². The molecule has 0 unspecified atom stereocenters. The van der Waals surface area contributed by atoms with Crippen LogP contribution >= 0.6 is 0 Å². The molecular formula is C13H15N5. The van der Waals surface area contributed by atoms with Gasteiger partial charge in [0.2, 0.25) is 0 Å². The topological polar surface area (TPSA) is 76.7 Å². The standard InChI is InChI=1S/C13H15N5/c14-18-13-10-5-1-2-6-11(10)16-12(17-13)9-4-3-7-15-8-9/h3-4,7-8H,1-2,5-6,14H2,(H,16,17,18). The van der Waals surface area contributed by atoms with Gasteiger partial charge in [0.15, 0.2) is 5.82 Å². The first-order chi connectivity index (χ1) is 8.88. The maximum absolute atomic E-state index is 5.56. The van der Waals surface area contributed by atoms with Crippen molar-refractivity contribution in [3.05, 3.63) is 35.8 Å². The van der Waals surface area contributed by atoms with Crippen molar-refractivity contribution >= 4 is 5.82 Å². The van der Waals surface area contributed by atoms with Crippen molar-refractivity contribution in [3.8, 4) is 11.4 Å². The van der Waals surface area contributed by atoms with Crippen molar-refractivity contribution in [3.63, 3.8) is 0 Å². The first kappa shape index (κ1) is 11.1. The van der Waals surface area contributed by atoms with Crippen molar-refractivity contribution in [2.24, 2.45) is 5.84 Å². The molecular weight excluding hydrogens is 226 g/mol. The number of nitrogens with zero attached hydrogens (tertiary/aromatic N) is 3. The molecule has 3 N–H and O–H groups in total.